The molecular formula is C24H16Cl2N2O4. The van der Waals surface area contributed by atoms with Crippen LogP contribution in [0, 0.1) is 11.3 Å². The van der Waals surface area contributed by atoms with Crippen LogP contribution in [0.3, 0.4) is 0 Å². The van der Waals surface area contributed by atoms with E-state index < -0.39 is 5.92 Å². The van der Waals surface area contributed by atoms with E-state index in [0.29, 0.717) is 45.2 Å². The van der Waals surface area contributed by atoms with Gasteiger partial charge in [0, 0.05) is 27.2 Å². The lowest BCUT2D eigenvalue weighted by Crippen LogP contribution is -2.21. The molecule has 32 heavy (non-hydrogen) atoms. The van der Waals surface area contributed by atoms with Crippen molar-refractivity contribution in [3.05, 3.63) is 92.8 Å². The minimum atomic E-state index is -0.405. The standard InChI is InChI=1S/C24H16Cl2N2O4/c25-15-4-1-14(19(26)7-15)11-29-16-5-2-13(3-6-16)23-17-8-21-22(31-12-30-21)9-20(17)32-24(28)18(23)10-27/h1-9,23H,11-12,28H2/t23-/m0/s1. The van der Waals surface area contributed by atoms with Gasteiger partial charge in [-0.05, 0) is 35.9 Å². The quantitative estimate of drug-likeness (QED) is 0.544. The third-order valence-electron chi connectivity index (χ3n) is 5.33. The molecule has 0 radical (unpaired) electrons. The highest BCUT2D eigenvalue weighted by Gasteiger charge is 2.33. The molecule has 5 rings (SSSR count). The van der Waals surface area contributed by atoms with Crippen LogP contribution >= 0.6 is 23.2 Å². The zero-order valence-corrected chi connectivity index (χ0v) is 18.1. The number of ether oxygens (including phenoxy) is 4. The van der Waals surface area contributed by atoms with Gasteiger partial charge in [-0.15, -0.1) is 0 Å². The van der Waals surface area contributed by atoms with Gasteiger partial charge in [-0.2, -0.15) is 5.26 Å². The predicted octanol–water partition coefficient (Wildman–Crippen LogP) is 5.52. The van der Waals surface area contributed by atoms with Crippen LogP contribution in [0.1, 0.15) is 22.6 Å². The van der Waals surface area contributed by atoms with Crippen LogP contribution in [0.2, 0.25) is 10.0 Å². The molecule has 3 aromatic rings. The molecule has 2 heterocycles. The highest BCUT2D eigenvalue weighted by atomic mass is 35.5. The minimum Gasteiger partial charge on any atom is -0.489 e. The maximum atomic E-state index is 9.75. The van der Waals surface area contributed by atoms with Crippen molar-refractivity contribution in [2.24, 2.45) is 5.73 Å². The van der Waals surface area contributed by atoms with E-state index in [0.717, 1.165) is 16.7 Å². The summed E-state index contributed by atoms with van der Waals surface area (Å²) in [6.07, 6.45) is 0. The van der Waals surface area contributed by atoms with Crippen molar-refractivity contribution in [3.8, 4) is 29.1 Å². The third-order valence-corrected chi connectivity index (χ3v) is 5.92. The first-order valence-electron chi connectivity index (χ1n) is 9.71. The van der Waals surface area contributed by atoms with E-state index in [-0.39, 0.29) is 12.7 Å². The van der Waals surface area contributed by atoms with Crippen LogP contribution in [0.25, 0.3) is 0 Å². The van der Waals surface area contributed by atoms with Gasteiger partial charge in [-0.3, -0.25) is 0 Å². The van der Waals surface area contributed by atoms with E-state index in [1.54, 1.807) is 18.2 Å². The fraction of sp³-hybridized carbons (Fsp3) is 0.125. The Morgan fingerprint density at radius 2 is 1.75 bits per heavy atom. The van der Waals surface area contributed by atoms with Gasteiger partial charge in [0.05, 0.1) is 5.92 Å². The molecule has 3 aromatic carbocycles. The highest BCUT2D eigenvalue weighted by Crippen LogP contribution is 2.48. The molecule has 2 aliphatic rings. The van der Waals surface area contributed by atoms with E-state index in [2.05, 4.69) is 6.07 Å². The molecule has 2 aliphatic heterocycles. The van der Waals surface area contributed by atoms with Gasteiger partial charge in [0.15, 0.2) is 11.5 Å². The van der Waals surface area contributed by atoms with Crippen LogP contribution in [-0.4, -0.2) is 6.79 Å². The maximum Gasteiger partial charge on any atom is 0.231 e. The Hall–Kier alpha value is -3.53. The summed E-state index contributed by atoms with van der Waals surface area (Å²) in [6, 6.07) is 18.5. The zero-order valence-electron chi connectivity index (χ0n) is 16.6. The van der Waals surface area contributed by atoms with Crippen molar-refractivity contribution >= 4 is 23.2 Å². The smallest absolute Gasteiger partial charge is 0.231 e. The lowest BCUT2D eigenvalue weighted by Gasteiger charge is -2.26. The summed E-state index contributed by atoms with van der Waals surface area (Å²) in [5, 5.41) is 10.9. The summed E-state index contributed by atoms with van der Waals surface area (Å²) in [5.41, 5.74) is 8.87. The van der Waals surface area contributed by atoms with Crippen molar-refractivity contribution in [3.63, 3.8) is 0 Å². The van der Waals surface area contributed by atoms with E-state index in [1.165, 1.54) is 0 Å². The molecule has 0 aliphatic carbocycles. The Morgan fingerprint density at radius 3 is 2.47 bits per heavy atom. The molecule has 0 saturated carbocycles. The fourth-order valence-corrected chi connectivity index (χ4v) is 4.21. The van der Waals surface area contributed by atoms with Gasteiger partial charge in [0.2, 0.25) is 12.7 Å². The number of hydrogen-bond acceptors (Lipinski definition) is 6. The molecule has 0 saturated heterocycles. The Morgan fingerprint density at radius 1 is 1.00 bits per heavy atom. The van der Waals surface area contributed by atoms with Crippen LogP contribution in [-0.2, 0) is 6.61 Å². The molecule has 0 unspecified atom stereocenters. The lowest BCUT2D eigenvalue weighted by molar-refractivity contribution is 0.174. The summed E-state index contributed by atoms with van der Waals surface area (Å²) < 4.78 is 22.5. The van der Waals surface area contributed by atoms with Crippen molar-refractivity contribution in [2.75, 3.05) is 6.79 Å². The van der Waals surface area contributed by atoms with Gasteiger partial charge in [0.25, 0.3) is 0 Å². The minimum absolute atomic E-state index is 0.0709. The van der Waals surface area contributed by atoms with Crippen LogP contribution in [0.5, 0.6) is 23.0 Å². The second-order valence-corrected chi connectivity index (χ2v) is 8.11. The largest absolute Gasteiger partial charge is 0.489 e. The van der Waals surface area contributed by atoms with Crippen molar-refractivity contribution in [1.29, 1.82) is 5.26 Å². The average Bonchev–Trinajstić information content (AvgIpc) is 3.24. The number of rotatable bonds is 4. The number of benzene rings is 3. The van der Waals surface area contributed by atoms with Gasteiger partial charge in [-0.25, -0.2) is 0 Å². The second kappa shape index (κ2) is 8.19. The Kier molecular flexibility index (Phi) is 5.22. The molecule has 0 fully saturated rings. The van der Waals surface area contributed by atoms with E-state index in [1.807, 2.05) is 36.4 Å². The molecule has 2 N–H and O–H groups in total. The molecule has 0 aromatic heterocycles. The van der Waals surface area contributed by atoms with E-state index in [4.69, 9.17) is 47.9 Å². The number of fused-ring (bicyclic) bond motifs is 2. The number of halogens is 2. The molecular weight excluding hydrogens is 451 g/mol. The summed E-state index contributed by atoms with van der Waals surface area (Å²) >= 11 is 12.2. The summed E-state index contributed by atoms with van der Waals surface area (Å²) in [6.45, 7) is 0.440. The first-order chi connectivity index (χ1) is 15.5. The van der Waals surface area contributed by atoms with Gasteiger partial charge < -0.3 is 24.7 Å². The maximum absolute atomic E-state index is 9.75. The first-order valence-corrected chi connectivity index (χ1v) is 10.5. The van der Waals surface area contributed by atoms with Crippen LogP contribution in [0.15, 0.2) is 66.1 Å². The lowest BCUT2D eigenvalue weighted by atomic mass is 9.83. The van der Waals surface area contributed by atoms with E-state index >= 15 is 0 Å². The number of nitrogens with two attached hydrogens (primary N) is 1. The normalized spacial score (nSPS) is 16.2. The number of allylic oxidation sites excluding steroid dienone is 1. The predicted molar refractivity (Wildman–Crippen MR) is 119 cm³/mol. The van der Waals surface area contributed by atoms with Gasteiger partial charge in [0.1, 0.15) is 29.7 Å². The first kappa shape index (κ1) is 20.4. The number of nitrogens with zero attached hydrogens (tertiary/aromatic N) is 1. The van der Waals surface area contributed by atoms with Crippen LogP contribution in [0.4, 0.5) is 0 Å². The monoisotopic (exact) mass is 466 g/mol. The molecule has 0 amide bonds. The zero-order chi connectivity index (χ0) is 22.2. The van der Waals surface area contributed by atoms with Gasteiger partial charge >= 0.3 is 0 Å². The molecule has 0 bridgehead atoms. The van der Waals surface area contributed by atoms with Crippen molar-refractivity contribution in [1.82, 2.24) is 0 Å². The summed E-state index contributed by atoms with van der Waals surface area (Å²) in [4.78, 5) is 0. The summed E-state index contributed by atoms with van der Waals surface area (Å²) in [5.74, 6) is 2.05. The van der Waals surface area contributed by atoms with Gasteiger partial charge in [-0.1, -0.05) is 41.4 Å². The van der Waals surface area contributed by atoms with Crippen molar-refractivity contribution in [2.45, 2.75) is 12.5 Å². The SMILES string of the molecule is N#CC1=C(N)Oc2cc3c(cc2[C@@H]1c1ccc(OCc2ccc(Cl)cc2Cl)cc1)OCO3. The van der Waals surface area contributed by atoms with Crippen molar-refractivity contribution < 1.29 is 18.9 Å². The second-order valence-electron chi connectivity index (χ2n) is 7.26. The Bertz CT molecular complexity index is 1280. The average molecular weight is 467 g/mol. The number of hydrogen-bond donors (Lipinski definition) is 1. The van der Waals surface area contributed by atoms with E-state index in [9.17, 15) is 5.26 Å². The summed E-state index contributed by atoms with van der Waals surface area (Å²) in [7, 11) is 0. The number of nitriles is 1. The molecule has 6 nitrogen and oxygen atoms in total. The molecule has 8 heteroatoms. The molecule has 1 atom stereocenters. The topological polar surface area (TPSA) is 86.7 Å². The Labute approximate surface area is 194 Å². The molecule has 0 spiro atoms. The fourth-order valence-electron chi connectivity index (χ4n) is 3.75. The highest BCUT2D eigenvalue weighted by molar-refractivity contribution is 6.35. The molecule has 160 valence electrons. The van der Waals surface area contributed by atoms with Crippen LogP contribution < -0.4 is 24.7 Å². The Balaban J connectivity index is 1.43. The third kappa shape index (κ3) is 3.66.